The molecule has 0 saturated carbocycles. The number of hydrogen-bond donors (Lipinski definition) is 1. The quantitative estimate of drug-likeness (QED) is 0.129. The van der Waals surface area contributed by atoms with Gasteiger partial charge < -0.3 is 5.73 Å². The Morgan fingerprint density at radius 2 is 1.05 bits per heavy atom. The van der Waals surface area contributed by atoms with Gasteiger partial charge in [0.05, 0.1) is 11.8 Å². The lowest BCUT2D eigenvalue weighted by Gasteiger charge is -2.10. The average Bonchev–Trinajstić information content (AvgIpc) is 3.06. The van der Waals surface area contributed by atoms with Gasteiger partial charge in [0.1, 0.15) is 4.90 Å². The van der Waals surface area contributed by atoms with Crippen LogP contribution in [0.15, 0.2) is 156 Å². The van der Waals surface area contributed by atoms with Gasteiger partial charge in [-0.15, -0.1) is 0 Å². The van der Waals surface area contributed by atoms with Crippen LogP contribution in [0.25, 0.3) is 0 Å². The highest BCUT2D eigenvalue weighted by molar-refractivity contribution is 7.86. The lowest BCUT2D eigenvalue weighted by molar-refractivity contribution is -0.119. The van der Waals surface area contributed by atoms with Crippen molar-refractivity contribution in [3.63, 3.8) is 0 Å². The third-order valence-electron chi connectivity index (χ3n) is 6.80. The minimum absolute atomic E-state index is 0.0439. The lowest BCUT2D eigenvalue weighted by Crippen LogP contribution is -2.22. The number of oxime groups is 1. The molecule has 5 aromatic carbocycles. The molecule has 44 heavy (non-hydrogen) atoms. The minimum atomic E-state index is -3.94. The Labute approximate surface area is 260 Å². The maximum absolute atomic E-state index is 12.4. The van der Waals surface area contributed by atoms with Gasteiger partial charge in [0.15, 0.2) is 5.78 Å². The second-order valence-corrected chi connectivity index (χ2v) is 11.9. The number of Topliss-reactive ketones (excluding diaryl/α,β-unsaturated/α-hetero) is 1. The fourth-order valence-corrected chi connectivity index (χ4v) is 5.15. The summed E-state index contributed by atoms with van der Waals surface area (Å²) in [6.45, 7) is 1.90. The van der Waals surface area contributed by atoms with Crippen molar-refractivity contribution < 1.29 is 17.5 Å². The maximum atomic E-state index is 12.4. The molecule has 7 heteroatoms. The largest absolute Gasteiger partial charge is 0.358 e. The third kappa shape index (κ3) is 10.2. The number of benzene rings is 5. The zero-order valence-electron chi connectivity index (χ0n) is 24.6. The lowest BCUT2D eigenvalue weighted by atomic mass is 9.98. The SMILES string of the molecule is Cc1ccc(S(=O)(=O)ON=C(Cc2ccccc2)Cc2ccccc2)cc1.NC(C(=O)Cc1ccccc1)c1ccccc1. The van der Waals surface area contributed by atoms with Crippen LogP contribution in [0.5, 0.6) is 0 Å². The Balaban J connectivity index is 0.000000223. The molecule has 0 aliphatic rings. The first-order chi connectivity index (χ1) is 21.3. The summed E-state index contributed by atoms with van der Waals surface area (Å²) in [5, 5.41) is 4.01. The van der Waals surface area contributed by atoms with E-state index in [0.29, 0.717) is 25.0 Å². The van der Waals surface area contributed by atoms with Crippen molar-refractivity contribution in [2.75, 3.05) is 0 Å². The smallest absolute Gasteiger partial charge is 0.318 e. The Kier molecular flexibility index (Phi) is 11.8. The van der Waals surface area contributed by atoms with E-state index in [1.807, 2.05) is 128 Å². The molecule has 0 aliphatic heterocycles. The van der Waals surface area contributed by atoms with Crippen molar-refractivity contribution in [2.45, 2.75) is 37.1 Å². The molecule has 0 fully saturated rings. The summed E-state index contributed by atoms with van der Waals surface area (Å²) in [5.41, 5.74) is 11.5. The summed E-state index contributed by atoms with van der Waals surface area (Å²) in [6.07, 6.45) is 1.41. The van der Waals surface area contributed by atoms with Crippen LogP contribution >= 0.6 is 0 Å². The van der Waals surface area contributed by atoms with E-state index in [-0.39, 0.29) is 10.7 Å². The predicted molar refractivity (Wildman–Crippen MR) is 176 cm³/mol. The number of carbonyl (C=O) groups is 1. The van der Waals surface area contributed by atoms with Crippen LogP contribution in [0, 0.1) is 6.92 Å². The Morgan fingerprint density at radius 1 is 0.636 bits per heavy atom. The van der Waals surface area contributed by atoms with Crippen LogP contribution in [0.2, 0.25) is 0 Å². The fourth-order valence-electron chi connectivity index (χ4n) is 4.39. The molecule has 0 saturated heterocycles. The molecule has 0 heterocycles. The van der Waals surface area contributed by atoms with Gasteiger partial charge in [-0.25, -0.2) is 0 Å². The first-order valence-electron chi connectivity index (χ1n) is 14.3. The van der Waals surface area contributed by atoms with Crippen LogP contribution in [0.1, 0.15) is 33.9 Å². The normalized spacial score (nSPS) is 11.4. The first kappa shape index (κ1) is 32.1. The van der Waals surface area contributed by atoms with E-state index in [1.165, 1.54) is 12.1 Å². The minimum Gasteiger partial charge on any atom is -0.318 e. The first-order valence-corrected chi connectivity index (χ1v) is 15.7. The van der Waals surface area contributed by atoms with Crippen molar-refractivity contribution in [3.05, 3.63) is 173 Å². The van der Waals surface area contributed by atoms with Gasteiger partial charge in [-0.3, -0.25) is 9.08 Å². The van der Waals surface area contributed by atoms with Crippen molar-refractivity contribution in [1.29, 1.82) is 0 Å². The van der Waals surface area contributed by atoms with Gasteiger partial charge in [-0.2, -0.15) is 8.42 Å². The number of ketones is 1. The van der Waals surface area contributed by atoms with Crippen molar-refractivity contribution in [2.24, 2.45) is 10.9 Å². The molecule has 0 amide bonds. The van der Waals surface area contributed by atoms with Crippen LogP contribution in [-0.2, 0) is 38.5 Å². The molecule has 6 nitrogen and oxygen atoms in total. The molecular formula is C37H36N2O4S. The molecule has 0 radical (unpaired) electrons. The predicted octanol–water partition coefficient (Wildman–Crippen LogP) is 7.04. The highest BCUT2D eigenvalue weighted by Gasteiger charge is 2.17. The van der Waals surface area contributed by atoms with Crippen LogP contribution in [-0.4, -0.2) is 19.9 Å². The third-order valence-corrected chi connectivity index (χ3v) is 7.92. The fraction of sp³-hybridized carbons (Fsp3) is 0.135. The standard InChI is InChI=1S/C22H21NO3S.C15H15NO/c1-18-12-14-22(15-13-18)27(24,25)26-23-21(16-19-8-4-2-5-9-19)17-20-10-6-3-7-11-20;16-15(13-9-5-2-6-10-13)14(17)11-12-7-3-1-4-8-12/h2-15H,16-17H2,1H3;1-10,15H,11,16H2. The van der Waals surface area contributed by atoms with E-state index in [0.717, 1.165) is 27.8 Å². The number of nitrogens with two attached hydrogens (primary N) is 1. The van der Waals surface area contributed by atoms with Crippen LogP contribution in [0.3, 0.4) is 0 Å². The number of nitrogens with zero attached hydrogens (tertiary/aromatic N) is 1. The summed E-state index contributed by atoms with van der Waals surface area (Å²) >= 11 is 0. The molecule has 5 aromatic rings. The van der Waals surface area contributed by atoms with Crippen LogP contribution in [0.4, 0.5) is 0 Å². The van der Waals surface area contributed by atoms with Crippen molar-refractivity contribution in [1.82, 2.24) is 0 Å². The summed E-state index contributed by atoms with van der Waals surface area (Å²) in [5.74, 6) is 0.0439. The second-order valence-electron chi connectivity index (χ2n) is 10.3. The van der Waals surface area contributed by atoms with E-state index >= 15 is 0 Å². The number of rotatable bonds is 11. The summed E-state index contributed by atoms with van der Waals surface area (Å²) in [4.78, 5) is 12.1. The number of carbonyl (C=O) groups excluding carboxylic acids is 1. The van der Waals surface area contributed by atoms with Gasteiger partial charge in [0.2, 0.25) is 0 Å². The molecule has 2 N–H and O–H groups in total. The zero-order valence-corrected chi connectivity index (χ0v) is 25.4. The molecule has 5 rings (SSSR count). The van der Waals surface area contributed by atoms with Gasteiger partial charge in [-0.1, -0.05) is 144 Å². The number of aryl methyl sites for hydroxylation is 1. The van der Waals surface area contributed by atoms with Crippen molar-refractivity contribution >= 4 is 21.6 Å². The monoisotopic (exact) mass is 604 g/mol. The highest BCUT2D eigenvalue weighted by atomic mass is 32.2. The highest BCUT2D eigenvalue weighted by Crippen LogP contribution is 2.16. The molecule has 224 valence electrons. The van der Waals surface area contributed by atoms with Gasteiger partial charge in [0, 0.05) is 19.3 Å². The van der Waals surface area contributed by atoms with E-state index < -0.39 is 16.2 Å². The summed E-state index contributed by atoms with van der Waals surface area (Å²) in [7, 11) is -3.94. The van der Waals surface area contributed by atoms with E-state index in [1.54, 1.807) is 12.1 Å². The van der Waals surface area contributed by atoms with Crippen LogP contribution < -0.4 is 5.73 Å². The maximum Gasteiger partial charge on any atom is 0.358 e. The number of hydrogen-bond acceptors (Lipinski definition) is 6. The zero-order chi connectivity index (χ0) is 31.2. The summed E-state index contributed by atoms with van der Waals surface area (Å²) in [6, 6.07) is 44.7. The Bertz CT molecular complexity index is 1680. The summed E-state index contributed by atoms with van der Waals surface area (Å²) < 4.78 is 29.9. The van der Waals surface area contributed by atoms with E-state index in [4.69, 9.17) is 10.0 Å². The van der Waals surface area contributed by atoms with E-state index in [9.17, 15) is 13.2 Å². The van der Waals surface area contributed by atoms with Gasteiger partial charge in [0.25, 0.3) is 0 Å². The van der Waals surface area contributed by atoms with E-state index in [2.05, 4.69) is 5.16 Å². The molecule has 0 aromatic heterocycles. The van der Waals surface area contributed by atoms with Gasteiger partial charge in [-0.05, 0) is 41.3 Å². The molecule has 0 spiro atoms. The molecule has 1 unspecified atom stereocenters. The average molecular weight is 605 g/mol. The molecular weight excluding hydrogens is 568 g/mol. The van der Waals surface area contributed by atoms with Crippen molar-refractivity contribution in [3.8, 4) is 0 Å². The topological polar surface area (TPSA) is 98.8 Å². The van der Waals surface area contributed by atoms with Gasteiger partial charge >= 0.3 is 10.1 Å². The Hall–Kier alpha value is -4.85. The molecule has 1 atom stereocenters. The Morgan fingerprint density at radius 3 is 1.50 bits per heavy atom. The second kappa shape index (κ2) is 16.1. The molecule has 0 aliphatic carbocycles. The molecule has 0 bridgehead atoms.